The second-order valence-corrected chi connectivity index (χ2v) is 10.8. The first-order valence-corrected chi connectivity index (χ1v) is 13.9. The lowest BCUT2D eigenvalue weighted by molar-refractivity contribution is 0.0667. The highest BCUT2D eigenvalue weighted by Crippen LogP contribution is 2.28. The first kappa shape index (κ1) is 26.3. The van der Waals surface area contributed by atoms with E-state index < -0.39 is 6.04 Å². The van der Waals surface area contributed by atoms with E-state index in [0.717, 1.165) is 48.2 Å². The lowest BCUT2D eigenvalue weighted by Gasteiger charge is -2.43. The van der Waals surface area contributed by atoms with E-state index in [1.807, 2.05) is 55.5 Å². The number of amidine groups is 1. The van der Waals surface area contributed by atoms with Gasteiger partial charge in [-0.15, -0.1) is 0 Å². The maximum Gasteiger partial charge on any atom is 0.253 e. The maximum atomic E-state index is 13.4. The summed E-state index contributed by atoms with van der Waals surface area (Å²) < 4.78 is 0. The van der Waals surface area contributed by atoms with Crippen molar-refractivity contribution < 1.29 is 0 Å². The number of nitrogens with one attached hydrogen (secondary N) is 3. The number of piperazine rings is 1. The van der Waals surface area contributed by atoms with Crippen LogP contribution in [0.1, 0.15) is 54.8 Å². The van der Waals surface area contributed by atoms with Crippen molar-refractivity contribution >= 4 is 16.7 Å². The molecule has 8 nitrogen and oxygen atoms in total. The SMILES string of the molecule is Cc1ccc2[nH]c(=O)c(C(C(=N)N(CCc3ccccc3)N=N)N3CCN(C4CCCCC4)CC3)cc2c1. The molecule has 200 valence electrons. The zero-order valence-corrected chi connectivity index (χ0v) is 22.3. The molecule has 5 rings (SSSR count). The van der Waals surface area contributed by atoms with Gasteiger partial charge in [0, 0.05) is 49.8 Å². The predicted molar refractivity (Wildman–Crippen MR) is 152 cm³/mol. The van der Waals surface area contributed by atoms with Crippen LogP contribution >= 0.6 is 0 Å². The Hall–Kier alpha value is -3.36. The van der Waals surface area contributed by atoms with Crippen molar-refractivity contribution in [1.82, 2.24) is 19.8 Å². The van der Waals surface area contributed by atoms with E-state index in [1.54, 1.807) is 0 Å². The summed E-state index contributed by atoms with van der Waals surface area (Å²) in [5.74, 6) is 0.180. The summed E-state index contributed by atoms with van der Waals surface area (Å²) in [4.78, 5) is 21.3. The molecule has 1 atom stereocenters. The molecule has 1 aliphatic carbocycles. The molecule has 0 bridgehead atoms. The topological polar surface area (TPSA) is 103 Å². The highest BCUT2D eigenvalue weighted by molar-refractivity contribution is 5.87. The van der Waals surface area contributed by atoms with Crippen molar-refractivity contribution in [1.29, 1.82) is 10.9 Å². The number of aromatic nitrogens is 1. The number of hydrogen-bond acceptors (Lipinski definition) is 6. The molecule has 2 fully saturated rings. The molecule has 1 aromatic heterocycles. The molecule has 0 amide bonds. The number of benzene rings is 2. The van der Waals surface area contributed by atoms with Crippen LogP contribution in [0.2, 0.25) is 0 Å². The third kappa shape index (κ3) is 5.87. The van der Waals surface area contributed by atoms with Crippen LogP contribution in [0.25, 0.3) is 10.9 Å². The zero-order valence-electron chi connectivity index (χ0n) is 22.3. The fraction of sp³-hybridized carbons (Fsp3) is 0.467. The van der Waals surface area contributed by atoms with E-state index in [9.17, 15) is 10.2 Å². The van der Waals surface area contributed by atoms with Gasteiger partial charge in [-0.3, -0.25) is 20.0 Å². The Kier molecular flexibility index (Phi) is 8.29. The number of fused-ring (bicyclic) bond motifs is 1. The Bertz CT molecular complexity index is 1310. The number of rotatable bonds is 8. The van der Waals surface area contributed by atoms with Crippen molar-refractivity contribution in [2.45, 2.75) is 57.5 Å². The first-order chi connectivity index (χ1) is 18.5. The van der Waals surface area contributed by atoms with Gasteiger partial charge in [0.25, 0.3) is 5.56 Å². The van der Waals surface area contributed by atoms with Crippen LogP contribution in [-0.2, 0) is 6.42 Å². The van der Waals surface area contributed by atoms with Crippen molar-refractivity contribution in [2.24, 2.45) is 5.22 Å². The molecule has 0 spiro atoms. The van der Waals surface area contributed by atoms with Crippen LogP contribution < -0.4 is 5.56 Å². The van der Waals surface area contributed by atoms with E-state index in [0.29, 0.717) is 24.6 Å². The molecule has 3 N–H and O–H groups in total. The lowest BCUT2D eigenvalue weighted by Crippen LogP contribution is -2.54. The van der Waals surface area contributed by atoms with Crippen molar-refractivity contribution in [2.75, 3.05) is 32.7 Å². The summed E-state index contributed by atoms with van der Waals surface area (Å²) in [7, 11) is 0. The van der Waals surface area contributed by atoms with E-state index in [4.69, 9.17) is 5.53 Å². The molecule has 38 heavy (non-hydrogen) atoms. The van der Waals surface area contributed by atoms with E-state index in [2.05, 4.69) is 26.1 Å². The van der Waals surface area contributed by atoms with Gasteiger partial charge in [-0.05, 0) is 55.3 Å². The second-order valence-electron chi connectivity index (χ2n) is 10.8. The number of pyridine rings is 1. The summed E-state index contributed by atoms with van der Waals surface area (Å²) in [6, 6.07) is 18.1. The Balaban J connectivity index is 1.43. The van der Waals surface area contributed by atoms with Gasteiger partial charge in [-0.2, -0.15) is 5.53 Å². The van der Waals surface area contributed by atoms with Gasteiger partial charge in [0.15, 0.2) is 0 Å². The summed E-state index contributed by atoms with van der Waals surface area (Å²) in [6.45, 7) is 5.87. The molecule has 3 aromatic rings. The van der Waals surface area contributed by atoms with Crippen molar-refractivity contribution in [3.63, 3.8) is 0 Å². The molecule has 2 heterocycles. The smallest absolute Gasteiger partial charge is 0.253 e. The number of hydrogen-bond donors (Lipinski definition) is 3. The summed E-state index contributed by atoms with van der Waals surface area (Å²) in [6.07, 6.45) is 7.18. The molecular weight excluding hydrogens is 474 g/mol. The van der Waals surface area contributed by atoms with Crippen molar-refractivity contribution in [3.8, 4) is 0 Å². The maximum absolute atomic E-state index is 13.4. The molecule has 2 aliphatic rings. The summed E-state index contributed by atoms with van der Waals surface area (Å²) in [5.41, 5.74) is 11.3. The highest BCUT2D eigenvalue weighted by atomic mass is 16.1. The average molecular weight is 514 g/mol. The van der Waals surface area contributed by atoms with Gasteiger partial charge in [-0.25, -0.2) is 5.01 Å². The van der Waals surface area contributed by atoms with E-state index in [-0.39, 0.29) is 11.4 Å². The fourth-order valence-corrected chi connectivity index (χ4v) is 6.12. The molecule has 1 aliphatic heterocycles. The Morgan fingerprint density at radius 3 is 2.50 bits per heavy atom. The van der Waals surface area contributed by atoms with Crippen LogP contribution in [0.5, 0.6) is 0 Å². The van der Waals surface area contributed by atoms with Gasteiger partial charge in [0.2, 0.25) is 0 Å². The standard InChI is InChI=1S/C30H39N7O/c1-22-12-13-27-24(20-22)21-26(30(38)33-27)28(29(31)37(34-32)15-14-23-8-4-2-5-9-23)36-18-16-35(17-19-36)25-10-6-3-7-11-25/h2,4-5,8-9,12-13,20-21,25,28,31-32H,3,6-7,10-11,14-19H2,1H3,(H,33,38). The number of aryl methyl sites for hydroxylation is 1. The van der Waals surface area contributed by atoms with Crippen LogP contribution in [0, 0.1) is 17.9 Å². The normalized spacial score (nSPS) is 18.3. The number of H-pyrrole nitrogens is 1. The molecule has 1 saturated heterocycles. The quantitative estimate of drug-likeness (QED) is 0.165. The Morgan fingerprint density at radius 1 is 1.05 bits per heavy atom. The minimum atomic E-state index is -0.568. The Morgan fingerprint density at radius 2 is 1.79 bits per heavy atom. The van der Waals surface area contributed by atoms with Gasteiger partial charge >= 0.3 is 0 Å². The molecular formula is C30H39N7O. The van der Waals surface area contributed by atoms with Gasteiger partial charge in [-0.1, -0.05) is 66.4 Å². The van der Waals surface area contributed by atoms with Crippen LogP contribution in [0.3, 0.4) is 0 Å². The van der Waals surface area contributed by atoms with Gasteiger partial charge < -0.3 is 4.98 Å². The fourth-order valence-electron chi connectivity index (χ4n) is 6.12. The van der Waals surface area contributed by atoms with Crippen molar-refractivity contribution in [3.05, 3.63) is 81.6 Å². The van der Waals surface area contributed by atoms with E-state index in [1.165, 1.54) is 37.1 Å². The summed E-state index contributed by atoms with van der Waals surface area (Å²) in [5, 5.41) is 15.4. The highest BCUT2D eigenvalue weighted by Gasteiger charge is 2.34. The average Bonchev–Trinajstić information content (AvgIpc) is 2.95. The number of nitrogens with zero attached hydrogens (tertiary/aromatic N) is 4. The van der Waals surface area contributed by atoms with Gasteiger partial charge in [0.05, 0.1) is 0 Å². The van der Waals surface area contributed by atoms with Crippen LogP contribution in [0.15, 0.2) is 64.6 Å². The minimum absolute atomic E-state index is 0.180. The minimum Gasteiger partial charge on any atom is -0.322 e. The predicted octanol–water partition coefficient (Wildman–Crippen LogP) is 5.30. The second kappa shape index (κ2) is 12.0. The van der Waals surface area contributed by atoms with Crippen LogP contribution in [-0.4, -0.2) is 64.4 Å². The zero-order chi connectivity index (χ0) is 26.5. The molecule has 1 saturated carbocycles. The van der Waals surface area contributed by atoms with Gasteiger partial charge in [0.1, 0.15) is 11.9 Å². The monoisotopic (exact) mass is 513 g/mol. The molecule has 1 unspecified atom stereocenters. The lowest BCUT2D eigenvalue weighted by atomic mass is 9.93. The molecule has 0 radical (unpaired) electrons. The Labute approximate surface area is 224 Å². The summed E-state index contributed by atoms with van der Waals surface area (Å²) >= 11 is 0. The largest absolute Gasteiger partial charge is 0.322 e. The first-order valence-electron chi connectivity index (χ1n) is 13.9. The van der Waals surface area contributed by atoms with Crippen LogP contribution in [0.4, 0.5) is 0 Å². The molecule has 8 heteroatoms. The number of aromatic amines is 1. The third-order valence-corrected chi connectivity index (χ3v) is 8.24. The van der Waals surface area contributed by atoms with E-state index >= 15 is 0 Å². The molecule has 2 aromatic carbocycles. The third-order valence-electron chi connectivity index (χ3n) is 8.24.